The highest BCUT2D eigenvalue weighted by Crippen LogP contribution is 2.34. The van der Waals surface area contributed by atoms with Gasteiger partial charge in [0, 0.05) is 5.69 Å². The maximum absolute atomic E-state index is 13.0. The summed E-state index contributed by atoms with van der Waals surface area (Å²) in [6, 6.07) is 12.2. The van der Waals surface area contributed by atoms with Gasteiger partial charge in [-0.05, 0) is 50.4 Å². The fraction of sp³-hybridized carbons (Fsp3) is 0.250. The Morgan fingerprint density at radius 2 is 1.72 bits per heavy atom. The van der Waals surface area contributed by atoms with Crippen LogP contribution in [-0.4, -0.2) is 36.3 Å². The number of halogens is 3. The highest BCUT2D eigenvalue weighted by molar-refractivity contribution is 5.96. The molecule has 6 nitrogen and oxygen atoms in total. The van der Waals surface area contributed by atoms with Crippen molar-refractivity contribution in [2.75, 3.05) is 24.2 Å². The van der Waals surface area contributed by atoms with E-state index in [-0.39, 0.29) is 12.2 Å². The van der Waals surface area contributed by atoms with Crippen molar-refractivity contribution in [3.8, 4) is 6.07 Å². The molecule has 0 aromatic heterocycles. The van der Waals surface area contributed by atoms with Gasteiger partial charge in [0.1, 0.15) is 0 Å². The molecule has 9 heteroatoms. The number of amides is 2. The van der Waals surface area contributed by atoms with Gasteiger partial charge in [0.2, 0.25) is 11.8 Å². The van der Waals surface area contributed by atoms with Crippen LogP contribution in [0.15, 0.2) is 48.5 Å². The Morgan fingerprint density at radius 3 is 2.31 bits per heavy atom. The van der Waals surface area contributed by atoms with Gasteiger partial charge in [-0.3, -0.25) is 14.5 Å². The quantitative estimate of drug-likeness (QED) is 0.772. The third-order valence-corrected chi connectivity index (χ3v) is 4.22. The van der Waals surface area contributed by atoms with E-state index in [2.05, 4.69) is 10.6 Å². The minimum Gasteiger partial charge on any atom is -0.325 e. The first-order valence-corrected chi connectivity index (χ1v) is 8.59. The van der Waals surface area contributed by atoms with Crippen LogP contribution >= 0.6 is 0 Å². The number of benzene rings is 2. The maximum Gasteiger partial charge on any atom is 0.418 e. The summed E-state index contributed by atoms with van der Waals surface area (Å²) in [6.07, 6.45) is -4.59. The SMILES string of the molecule is C[C@@H](C(=O)Nc1ccc(C#N)cc1)N(C)CC(=O)Nc1ccccc1C(F)(F)F. The van der Waals surface area contributed by atoms with Gasteiger partial charge in [-0.25, -0.2) is 0 Å². The second-order valence-corrected chi connectivity index (χ2v) is 6.36. The van der Waals surface area contributed by atoms with Crippen LogP contribution in [0.25, 0.3) is 0 Å². The average Bonchev–Trinajstić information content (AvgIpc) is 2.67. The van der Waals surface area contributed by atoms with E-state index in [1.165, 1.54) is 30.1 Å². The van der Waals surface area contributed by atoms with E-state index in [1.54, 1.807) is 31.2 Å². The Labute approximate surface area is 165 Å². The summed E-state index contributed by atoms with van der Waals surface area (Å²) in [5.74, 6) is -1.08. The number of carbonyl (C=O) groups excluding carboxylic acids is 2. The first-order valence-electron chi connectivity index (χ1n) is 8.59. The smallest absolute Gasteiger partial charge is 0.325 e. The first-order chi connectivity index (χ1) is 13.6. The molecule has 2 amide bonds. The molecule has 2 aromatic rings. The van der Waals surface area contributed by atoms with Gasteiger partial charge in [-0.1, -0.05) is 12.1 Å². The van der Waals surface area contributed by atoms with Crippen molar-refractivity contribution in [3.63, 3.8) is 0 Å². The summed E-state index contributed by atoms with van der Waals surface area (Å²) in [4.78, 5) is 25.9. The molecule has 0 spiro atoms. The van der Waals surface area contributed by atoms with E-state index < -0.39 is 29.6 Å². The van der Waals surface area contributed by atoms with Crippen molar-refractivity contribution < 1.29 is 22.8 Å². The monoisotopic (exact) mass is 404 g/mol. The molecule has 0 radical (unpaired) electrons. The van der Waals surface area contributed by atoms with Crippen LogP contribution in [0, 0.1) is 11.3 Å². The summed E-state index contributed by atoms with van der Waals surface area (Å²) in [7, 11) is 1.51. The number of anilines is 2. The van der Waals surface area contributed by atoms with Crippen LogP contribution in [-0.2, 0) is 15.8 Å². The van der Waals surface area contributed by atoms with Crippen molar-refractivity contribution in [2.45, 2.75) is 19.1 Å². The number of alkyl halides is 3. The Hall–Kier alpha value is -3.38. The molecule has 0 fully saturated rings. The standard InChI is InChI=1S/C20H19F3N4O2/c1-13(19(29)25-15-9-7-14(11-24)8-10-15)27(2)12-18(28)26-17-6-4-3-5-16(17)20(21,22)23/h3-10,13H,12H2,1-2H3,(H,25,29)(H,26,28)/t13-/m0/s1. The highest BCUT2D eigenvalue weighted by Gasteiger charge is 2.33. The van der Waals surface area contributed by atoms with E-state index in [9.17, 15) is 22.8 Å². The Balaban J connectivity index is 1.96. The fourth-order valence-corrected chi connectivity index (χ4v) is 2.47. The molecule has 29 heavy (non-hydrogen) atoms. The number of para-hydroxylation sites is 1. The molecular weight excluding hydrogens is 385 g/mol. The molecule has 152 valence electrons. The molecule has 0 saturated heterocycles. The predicted octanol–water partition coefficient (Wildman–Crippen LogP) is 3.47. The normalized spacial score (nSPS) is 12.2. The van der Waals surface area contributed by atoms with Crippen molar-refractivity contribution >= 4 is 23.2 Å². The molecule has 0 aliphatic carbocycles. The second kappa shape index (κ2) is 9.21. The van der Waals surface area contributed by atoms with Crippen LogP contribution in [0.4, 0.5) is 24.5 Å². The molecule has 0 bridgehead atoms. The lowest BCUT2D eigenvalue weighted by atomic mass is 10.1. The summed E-state index contributed by atoms with van der Waals surface area (Å²) in [5, 5.41) is 13.7. The number of nitrogens with zero attached hydrogens (tertiary/aromatic N) is 2. The zero-order valence-corrected chi connectivity index (χ0v) is 15.7. The number of hydrogen-bond acceptors (Lipinski definition) is 4. The van der Waals surface area contributed by atoms with Crippen molar-refractivity contribution in [2.24, 2.45) is 0 Å². The second-order valence-electron chi connectivity index (χ2n) is 6.36. The van der Waals surface area contributed by atoms with Crippen molar-refractivity contribution in [1.29, 1.82) is 5.26 Å². The Morgan fingerprint density at radius 1 is 1.10 bits per heavy atom. The number of rotatable bonds is 6. The van der Waals surface area contributed by atoms with E-state index in [0.717, 1.165) is 6.07 Å². The zero-order valence-electron chi connectivity index (χ0n) is 15.7. The van der Waals surface area contributed by atoms with Crippen LogP contribution in [0.5, 0.6) is 0 Å². The van der Waals surface area contributed by atoms with Crippen LogP contribution < -0.4 is 10.6 Å². The lowest BCUT2D eigenvalue weighted by Crippen LogP contribution is -2.43. The van der Waals surface area contributed by atoms with E-state index >= 15 is 0 Å². The maximum atomic E-state index is 13.0. The highest BCUT2D eigenvalue weighted by atomic mass is 19.4. The molecule has 2 N–H and O–H groups in total. The summed E-state index contributed by atoms with van der Waals surface area (Å²) in [5.41, 5.74) is -0.350. The molecule has 0 heterocycles. The summed E-state index contributed by atoms with van der Waals surface area (Å²) < 4.78 is 39.1. The van der Waals surface area contributed by atoms with Crippen LogP contribution in [0.3, 0.4) is 0 Å². The lowest BCUT2D eigenvalue weighted by Gasteiger charge is -2.23. The van der Waals surface area contributed by atoms with Gasteiger partial charge in [0.25, 0.3) is 0 Å². The number of likely N-dealkylation sites (N-methyl/N-ethyl adjacent to an activating group) is 1. The zero-order chi connectivity index (χ0) is 21.6. The Bertz CT molecular complexity index is 921. The summed E-state index contributed by atoms with van der Waals surface area (Å²) >= 11 is 0. The van der Waals surface area contributed by atoms with E-state index in [1.807, 2.05) is 6.07 Å². The molecule has 0 aliphatic heterocycles. The number of nitrogens with one attached hydrogen (secondary N) is 2. The molecular formula is C20H19F3N4O2. The molecule has 1 atom stereocenters. The van der Waals surface area contributed by atoms with Gasteiger partial charge in [-0.2, -0.15) is 18.4 Å². The number of carbonyl (C=O) groups is 2. The summed E-state index contributed by atoms with van der Waals surface area (Å²) in [6.45, 7) is 1.28. The van der Waals surface area contributed by atoms with Crippen molar-refractivity contribution in [3.05, 3.63) is 59.7 Å². The average molecular weight is 404 g/mol. The third-order valence-electron chi connectivity index (χ3n) is 4.22. The van der Waals surface area contributed by atoms with E-state index in [4.69, 9.17) is 5.26 Å². The molecule has 0 saturated carbocycles. The lowest BCUT2D eigenvalue weighted by molar-refractivity contribution is -0.137. The Kier molecular flexibility index (Phi) is 6.96. The van der Waals surface area contributed by atoms with Crippen LogP contribution in [0.1, 0.15) is 18.1 Å². The van der Waals surface area contributed by atoms with E-state index in [0.29, 0.717) is 11.3 Å². The van der Waals surface area contributed by atoms with Gasteiger partial charge >= 0.3 is 6.18 Å². The fourth-order valence-electron chi connectivity index (χ4n) is 2.47. The van der Waals surface area contributed by atoms with Crippen LogP contribution in [0.2, 0.25) is 0 Å². The number of nitriles is 1. The minimum atomic E-state index is -4.59. The predicted molar refractivity (Wildman–Crippen MR) is 102 cm³/mol. The molecule has 0 unspecified atom stereocenters. The molecule has 2 rings (SSSR count). The van der Waals surface area contributed by atoms with Gasteiger partial charge in [0.15, 0.2) is 0 Å². The largest absolute Gasteiger partial charge is 0.418 e. The first kappa shape index (κ1) is 21.9. The molecule has 0 aliphatic rings. The topological polar surface area (TPSA) is 85.2 Å². The molecule has 2 aromatic carbocycles. The van der Waals surface area contributed by atoms with Gasteiger partial charge in [-0.15, -0.1) is 0 Å². The number of hydrogen-bond donors (Lipinski definition) is 2. The third kappa shape index (κ3) is 6.05. The minimum absolute atomic E-state index is 0.284. The van der Waals surface area contributed by atoms with Gasteiger partial charge < -0.3 is 10.6 Å². The van der Waals surface area contributed by atoms with Crippen molar-refractivity contribution in [1.82, 2.24) is 4.90 Å². The van der Waals surface area contributed by atoms with Gasteiger partial charge in [0.05, 0.1) is 35.5 Å².